The molecular formula is C39H22N8O. The standard InChI is InChI=1S/C39H22N8O/c1-2-6-23(7-3-1)39-45-30-21-29(12-13-31(30)48-39)47(28-11-10-26-18-24-8-4-5-9-25(24)19-27(26)20-28)32-22-44-37-35-33(40-14-15-42-35)34-36(38(37)46-32)43-17-16-41-34/h1-22H. The Morgan fingerprint density at radius 1 is 0.458 bits per heavy atom. The predicted octanol–water partition coefficient (Wildman–Crippen LogP) is 9.10. The maximum atomic E-state index is 6.16. The van der Waals surface area contributed by atoms with Crippen molar-refractivity contribution in [3.63, 3.8) is 0 Å². The molecule has 224 valence electrons. The molecule has 0 saturated heterocycles. The summed E-state index contributed by atoms with van der Waals surface area (Å²) in [7, 11) is 0. The summed E-state index contributed by atoms with van der Waals surface area (Å²) in [5.41, 5.74) is 7.80. The van der Waals surface area contributed by atoms with E-state index in [0.29, 0.717) is 50.4 Å². The van der Waals surface area contributed by atoms with Crippen LogP contribution in [0.15, 0.2) is 139 Å². The smallest absolute Gasteiger partial charge is 0.227 e. The van der Waals surface area contributed by atoms with Crippen molar-refractivity contribution in [3.05, 3.63) is 134 Å². The van der Waals surface area contributed by atoms with E-state index in [9.17, 15) is 0 Å². The second-order valence-electron chi connectivity index (χ2n) is 11.5. The fraction of sp³-hybridized carbons (Fsp3) is 0. The topological polar surface area (TPSA) is 107 Å². The molecule has 10 rings (SSSR count). The second kappa shape index (κ2) is 10.3. The van der Waals surface area contributed by atoms with Crippen LogP contribution in [0, 0.1) is 0 Å². The highest BCUT2D eigenvalue weighted by atomic mass is 16.3. The van der Waals surface area contributed by atoms with E-state index < -0.39 is 0 Å². The van der Waals surface area contributed by atoms with Crippen LogP contribution in [-0.2, 0) is 0 Å². The molecule has 0 saturated carbocycles. The number of benzene rings is 6. The van der Waals surface area contributed by atoms with Crippen LogP contribution >= 0.6 is 0 Å². The normalized spacial score (nSPS) is 11.8. The van der Waals surface area contributed by atoms with Gasteiger partial charge in [-0.3, -0.25) is 24.8 Å². The molecule has 0 aliphatic heterocycles. The molecular weight excluding hydrogens is 596 g/mol. The van der Waals surface area contributed by atoms with Crippen molar-refractivity contribution in [2.75, 3.05) is 4.90 Å². The summed E-state index contributed by atoms with van der Waals surface area (Å²) in [4.78, 5) is 35.5. The minimum Gasteiger partial charge on any atom is -0.436 e. The molecule has 0 fully saturated rings. The van der Waals surface area contributed by atoms with Gasteiger partial charge in [-0.1, -0.05) is 48.5 Å². The summed E-state index contributed by atoms with van der Waals surface area (Å²) < 4.78 is 6.16. The predicted molar refractivity (Wildman–Crippen MR) is 188 cm³/mol. The molecule has 0 atom stereocenters. The summed E-state index contributed by atoms with van der Waals surface area (Å²) in [6.45, 7) is 0. The van der Waals surface area contributed by atoms with Gasteiger partial charge in [-0.05, 0) is 76.1 Å². The molecule has 0 amide bonds. The lowest BCUT2D eigenvalue weighted by Crippen LogP contribution is -2.12. The van der Waals surface area contributed by atoms with Gasteiger partial charge in [-0.15, -0.1) is 0 Å². The van der Waals surface area contributed by atoms with Crippen LogP contribution < -0.4 is 4.90 Å². The Bertz CT molecular complexity index is 2840. The molecule has 0 N–H and O–H groups in total. The Morgan fingerprint density at radius 2 is 1.04 bits per heavy atom. The van der Waals surface area contributed by atoms with E-state index >= 15 is 0 Å². The molecule has 0 unspecified atom stereocenters. The second-order valence-corrected chi connectivity index (χ2v) is 11.5. The van der Waals surface area contributed by atoms with E-state index in [4.69, 9.17) is 19.4 Å². The number of hydrogen-bond donors (Lipinski definition) is 0. The van der Waals surface area contributed by atoms with Gasteiger partial charge in [0.25, 0.3) is 0 Å². The molecule has 6 aromatic carbocycles. The Morgan fingerprint density at radius 3 is 1.77 bits per heavy atom. The molecule has 9 heteroatoms. The number of fused-ring (bicyclic) bond motifs is 9. The molecule has 0 radical (unpaired) electrons. The number of anilines is 3. The monoisotopic (exact) mass is 618 g/mol. The van der Waals surface area contributed by atoms with Crippen LogP contribution in [0.2, 0.25) is 0 Å². The molecule has 0 aliphatic rings. The quantitative estimate of drug-likeness (QED) is 0.141. The molecule has 9 nitrogen and oxygen atoms in total. The number of nitrogens with zero attached hydrogens (tertiary/aromatic N) is 8. The third kappa shape index (κ3) is 4.15. The van der Waals surface area contributed by atoms with E-state index in [1.165, 1.54) is 10.8 Å². The molecule has 48 heavy (non-hydrogen) atoms. The summed E-state index contributed by atoms with van der Waals surface area (Å²) in [6, 6.07) is 35.2. The lowest BCUT2D eigenvalue weighted by molar-refractivity contribution is 0.620. The highest BCUT2D eigenvalue weighted by molar-refractivity contribution is 6.18. The highest BCUT2D eigenvalue weighted by Crippen LogP contribution is 2.39. The third-order valence-corrected chi connectivity index (χ3v) is 8.65. The lowest BCUT2D eigenvalue weighted by Gasteiger charge is -2.24. The lowest BCUT2D eigenvalue weighted by atomic mass is 10.0. The third-order valence-electron chi connectivity index (χ3n) is 8.65. The summed E-state index contributed by atoms with van der Waals surface area (Å²) >= 11 is 0. The molecule has 0 spiro atoms. The Labute approximate surface area is 272 Å². The maximum absolute atomic E-state index is 6.16. The van der Waals surface area contributed by atoms with Crippen LogP contribution in [0.1, 0.15) is 0 Å². The number of hydrogen-bond acceptors (Lipinski definition) is 9. The van der Waals surface area contributed by atoms with Crippen molar-refractivity contribution in [2.24, 2.45) is 0 Å². The fourth-order valence-electron chi connectivity index (χ4n) is 6.43. The van der Waals surface area contributed by atoms with Gasteiger partial charge in [0, 0.05) is 36.0 Å². The minimum atomic E-state index is 0.565. The van der Waals surface area contributed by atoms with Crippen molar-refractivity contribution in [1.29, 1.82) is 0 Å². The first-order valence-corrected chi connectivity index (χ1v) is 15.5. The number of oxazole rings is 1. The van der Waals surface area contributed by atoms with E-state index in [2.05, 4.69) is 79.4 Å². The Kier molecular flexibility index (Phi) is 5.67. The van der Waals surface area contributed by atoms with E-state index in [1.54, 1.807) is 31.0 Å². The van der Waals surface area contributed by atoms with E-state index in [0.717, 1.165) is 33.2 Å². The van der Waals surface area contributed by atoms with Gasteiger partial charge >= 0.3 is 0 Å². The van der Waals surface area contributed by atoms with Crippen LogP contribution in [0.4, 0.5) is 17.2 Å². The van der Waals surface area contributed by atoms with Gasteiger partial charge in [0.1, 0.15) is 38.6 Å². The molecule has 0 aliphatic carbocycles. The summed E-state index contributed by atoms with van der Waals surface area (Å²) in [5.74, 6) is 1.17. The molecule has 4 heterocycles. The largest absolute Gasteiger partial charge is 0.436 e. The van der Waals surface area contributed by atoms with Gasteiger partial charge in [0.2, 0.25) is 5.89 Å². The van der Waals surface area contributed by atoms with Gasteiger partial charge in [0.05, 0.1) is 11.9 Å². The van der Waals surface area contributed by atoms with Gasteiger partial charge in [-0.25, -0.2) is 15.0 Å². The molecule has 4 aromatic heterocycles. The zero-order valence-corrected chi connectivity index (χ0v) is 25.2. The zero-order valence-electron chi connectivity index (χ0n) is 25.2. The van der Waals surface area contributed by atoms with Gasteiger partial charge < -0.3 is 4.42 Å². The van der Waals surface area contributed by atoms with Gasteiger partial charge in [0.15, 0.2) is 11.4 Å². The van der Waals surface area contributed by atoms with Crippen molar-refractivity contribution < 1.29 is 4.42 Å². The van der Waals surface area contributed by atoms with Crippen LogP contribution in [-0.4, -0.2) is 34.9 Å². The number of aromatic nitrogens is 7. The molecule has 10 aromatic rings. The van der Waals surface area contributed by atoms with Crippen molar-refractivity contribution in [3.8, 4) is 11.5 Å². The van der Waals surface area contributed by atoms with Crippen molar-refractivity contribution in [2.45, 2.75) is 0 Å². The average Bonchev–Trinajstić information content (AvgIpc) is 3.58. The molecule has 0 bridgehead atoms. The first-order chi connectivity index (χ1) is 23.8. The van der Waals surface area contributed by atoms with E-state index in [-0.39, 0.29) is 0 Å². The minimum absolute atomic E-state index is 0.565. The Hall–Kier alpha value is -6.87. The van der Waals surface area contributed by atoms with Crippen LogP contribution in [0.3, 0.4) is 0 Å². The summed E-state index contributed by atoms with van der Waals surface area (Å²) in [6.07, 6.45) is 8.39. The first-order valence-electron chi connectivity index (χ1n) is 15.5. The van der Waals surface area contributed by atoms with E-state index in [1.807, 2.05) is 48.5 Å². The first kappa shape index (κ1) is 26.4. The fourth-order valence-corrected chi connectivity index (χ4v) is 6.43. The van der Waals surface area contributed by atoms with Crippen LogP contribution in [0.5, 0.6) is 0 Å². The Balaban J connectivity index is 1.22. The highest BCUT2D eigenvalue weighted by Gasteiger charge is 2.21. The zero-order chi connectivity index (χ0) is 31.6. The maximum Gasteiger partial charge on any atom is 0.227 e. The average molecular weight is 619 g/mol. The van der Waals surface area contributed by atoms with Crippen molar-refractivity contribution in [1.82, 2.24) is 34.9 Å². The van der Waals surface area contributed by atoms with Crippen LogP contribution in [0.25, 0.3) is 77.2 Å². The summed E-state index contributed by atoms with van der Waals surface area (Å²) in [5, 5.41) is 4.63. The number of rotatable bonds is 4. The SMILES string of the molecule is c1ccc(-c2nc3cc(N(c4ccc5cc6ccccc6cc5c4)c4cnc5c6nccnc6c6nccnc6c5n4)ccc3o2)cc1. The van der Waals surface area contributed by atoms with Crippen molar-refractivity contribution >= 4 is 82.9 Å². The van der Waals surface area contributed by atoms with Gasteiger partial charge in [-0.2, -0.15) is 0 Å².